The van der Waals surface area contributed by atoms with E-state index in [9.17, 15) is 0 Å². The topological polar surface area (TPSA) is 0 Å². The zero-order valence-electron chi connectivity index (χ0n) is 4.78. The van der Waals surface area contributed by atoms with Gasteiger partial charge >= 0.3 is 0 Å². The summed E-state index contributed by atoms with van der Waals surface area (Å²) in [5, 5.41) is 0. The monoisotopic (exact) mass is 93.1 g/mol. The molecule has 0 heteroatoms. The van der Waals surface area contributed by atoms with E-state index in [0.29, 0.717) is 5.92 Å². The molecule has 0 aromatic heterocycles. The average Bonchev–Trinajstić information content (AvgIpc) is 1.87. The smallest absolute Gasteiger partial charge is 0.0461 e. The molecule has 37 valence electrons. The molecule has 1 aliphatic rings. The van der Waals surface area contributed by atoms with E-state index in [1.807, 2.05) is 0 Å². The Bertz CT molecular complexity index is 102. The van der Waals surface area contributed by atoms with Gasteiger partial charge in [-0.2, -0.15) is 0 Å². The van der Waals surface area contributed by atoms with Crippen molar-refractivity contribution >= 4 is 0 Å². The normalized spacial score (nSPS) is 29.7. The molecule has 1 aliphatic carbocycles. The van der Waals surface area contributed by atoms with Crippen LogP contribution in [0.2, 0.25) is 0 Å². The fourth-order valence-corrected chi connectivity index (χ4v) is 0.808. The largest absolute Gasteiger partial charge is 0.0995 e. The number of hydrogen-bond acceptors (Lipinski definition) is 0. The van der Waals surface area contributed by atoms with Gasteiger partial charge in [-0.3, -0.25) is 0 Å². The third-order valence-corrected chi connectivity index (χ3v) is 1.14. The Kier molecular flexibility index (Phi) is 1.06. The quantitative estimate of drug-likeness (QED) is 0.399. The lowest BCUT2D eigenvalue weighted by atomic mass is 10.1. The minimum Gasteiger partial charge on any atom is -0.0995 e. The Labute approximate surface area is 44.9 Å². The minimum atomic E-state index is 0.625. The van der Waals surface area contributed by atoms with Crippen LogP contribution in [-0.2, 0) is 0 Å². The summed E-state index contributed by atoms with van der Waals surface area (Å²) in [6, 6.07) is 0. The van der Waals surface area contributed by atoms with Gasteiger partial charge in [0.2, 0.25) is 0 Å². The van der Waals surface area contributed by atoms with E-state index in [0.717, 1.165) is 0 Å². The van der Waals surface area contributed by atoms with Gasteiger partial charge in [0.15, 0.2) is 0 Å². The lowest BCUT2D eigenvalue weighted by Crippen LogP contribution is -1.86. The summed E-state index contributed by atoms with van der Waals surface area (Å²) in [4.78, 5) is 0. The standard InChI is InChI=1S/C7H9/c1-6-3-4-7(2)5-6/h6H,5H2,1-2H3. The Morgan fingerprint density at radius 2 is 2.43 bits per heavy atom. The number of hydrogen-bond donors (Lipinski definition) is 0. The molecule has 1 radical (unpaired) electrons. The predicted molar refractivity (Wildman–Crippen MR) is 30.5 cm³/mol. The van der Waals surface area contributed by atoms with Crippen molar-refractivity contribution in [3.63, 3.8) is 0 Å². The van der Waals surface area contributed by atoms with Gasteiger partial charge in [-0.1, -0.05) is 18.8 Å². The van der Waals surface area contributed by atoms with Gasteiger partial charge in [0.25, 0.3) is 0 Å². The summed E-state index contributed by atoms with van der Waals surface area (Å²) in [6.07, 6.45) is 1.17. The predicted octanol–water partition coefficient (Wildman–Crippen LogP) is 1.62. The van der Waals surface area contributed by atoms with E-state index in [4.69, 9.17) is 0 Å². The van der Waals surface area contributed by atoms with Crippen LogP contribution < -0.4 is 0 Å². The highest BCUT2D eigenvalue weighted by Gasteiger charge is 2.08. The zero-order valence-corrected chi connectivity index (χ0v) is 4.78. The van der Waals surface area contributed by atoms with Crippen molar-refractivity contribution in [2.75, 3.05) is 0 Å². The van der Waals surface area contributed by atoms with E-state index in [1.165, 1.54) is 12.3 Å². The number of rotatable bonds is 0. The Morgan fingerprint density at radius 3 is 2.57 bits per heavy atom. The molecule has 1 unspecified atom stereocenters. The zero-order chi connectivity index (χ0) is 5.28. The lowest BCUT2D eigenvalue weighted by Gasteiger charge is -1.95. The maximum absolute atomic E-state index is 3.08. The van der Waals surface area contributed by atoms with Crippen LogP contribution in [0.25, 0.3) is 0 Å². The van der Waals surface area contributed by atoms with Gasteiger partial charge in [0.05, 0.1) is 0 Å². The van der Waals surface area contributed by atoms with Gasteiger partial charge in [-0.05, 0) is 13.3 Å². The van der Waals surface area contributed by atoms with Gasteiger partial charge in [-0.25, -0.2) is 0 Å². The fourth-order valence-electron chi connectivity index (χ4n) is 0.808. The summed E-state index contributed by atoms with van der Waals surface area (Å²) < 4.78 is 0. The van der Waals surface area contributed by atoms with Crippen molar-refractivity contribution in [2.45, 2.75) is 20.3 Å². The Hall–Kier alpha value is -0.440. The first-order valence-corrected chi connectivity index (χ1v) is 2.63. The first-order valence-electron chi connectivity index (χ1n) is 2.63. The summed E-state index contributed by atoms with van der Waals surface area (Å²) in [5.74, 6) is 8.08. The molecule has 0 saturated carbocycles. The van der Waals surface area contributed by atoms with Crippen molar-refractivity contribution in [3.05, 3.63) is 5.92 Å². The van der Waals surface area contributed by atoms with E-state index in [2.05, 4.69) is 25.7 Å². The molecule has 0 aliphatic heterocycles. The molecule has 0 spiro atoms. The maximum Gasteiger partial charge on any atom is 0.0461 e. The van der Waals surface area contributed by atoms with Crippen LogP contribution in [0.1, 0.15) is 20.3 Å². The third kappa shape index (κ3) is 0.962. The van der Waals surface area contributed by atoms with Crippen molar-refractivity contribution in [1.82, 2.24) is 0 Å². The second-order valence-electron chi connectivity index (χ2n) is 2.15. The van der Waals surface area contributed by atoms with E-state index < -0.39 is 0 Å². The summed E-state index contributed by atoms with van der Waals surface area (Å²) in [5.41, 5.74) is 0. The van der Waals surface area contributed by atoms with Crippen LogP contribution >= 0.6 is 0 Å². The van der Waals surface area contributed by atoms with Crippen LogP contribution in [0.3, 0.4) is 0 Å². The van der Waals surface area contributed by atoms with E-state index in [1.54, 1.807) is 0 Å². The molecule has 0 fully saturated rings. The molecule has 0 heterocycles. The van der Waals surface area contributed by atoms with Crippen LogP contribution in [-0.4, -0.2) is 0 Å². The summed E-state index contributed by atoms with van der Waals surface area (Å²) in [7, 11) is 0. The highest BCUT2D eigenvalue weighted by atomic mass is 14.1. The molecule has 0 N–H and O–H groups in total. The molecule has 1 atom stereocenters. The van der Waals surface area contributed by atoms with Crippen molar-refractivity contribution in [2.24, 2.45) is 5.92 Å². The highest BCUT2D eigenvalue weighted by Crippen LogP contribution is 2.16. The first kappa shape index (κ1) is 4.71. The molecule has 0 aromatic carbocycles. The lowest BCUT2D eigenvalue weighted by molar-refractivity contribution is 0.734. The molecular formula is C7H9. The molecule has 0 nitrogen and oxygen atoms in total. The van der Waals surface area contributed by atoms with Gasteiger partial charge < -0.3 is 0 Å². The molecule has 0 saturated heterocycles. The van der Waals surface area contributed by atoms with Crippen molar-refractivity contribution in [3.8, 4) is 11.8 Å². The summed E-state index contributed by atoms with van der Waals surface area (Å²) >= 11 is 0. The van der Waals surface area contributed by atoms with Crippen LogP contribution in [0.15, 0.2) is 0 Å². The van der Waals surface area contributed by atoms with E-state index >= 15 is 0 Å². The van der Waals surface area contributed by atoms with Gasteiger partial charge in [-0.15, -0.1) is 0 Å². The average molecular weight is 93.1 g/mol. The van der Waals surface area contributed by atoms with Crippen molar-refractivity contribution in [1.29, 1.82) is 0 Å². The van der Waals surface area contributed by atoms with Crippen LogP contribution in [0, 0.1) is 23.7 Å². The summed E-state index contributed by atoms with van der Waals surface area (Å²) in [6.45, 7) is 4.25. The minimum absolute atomic E-state index is 0.625. The third-order valence-electron chi connectivity index (χ3n) is 1.14. The van der Waals surface area contributed by atoms with Crippen LogP contribution in [0.4, 0.5) is 0 Å². The molecule has 7 heavy (non-hydrogen) atoms. The van der Waals surface area contributed by atoms with Gasteiger partial charge in [0.1, 0.15) is 0 Å². The molecule has 0 aromatic rings. The molecule has 0 bridgehead atoms. The maximum atomic E-state index is 3.08. The Balaban J connectivity index is 2.48. The second-order valence-corrected chi connectivity index (χ2v) is 2.15. The van der Waals surface area contributed by atoms with E-state index in [-0.39, 0.29) is 0 Å². The molecule has 0 amide bonds. The fraction of sp³-hybridized carbons (Fsp3) is 0.571. The highest BCUT2D eigenvalue weighted by molar-refractivity contribution is 5.27. The molecular weight excluding hydrogens is 84.1 g/mol. The van der Waals surface area contributed by atoms with Gasteiger partial charge in [0, 0.05) is 11.8 Å². The first-order chi connectivity index (χ1) is 3.29. The SMILES string of the molecule is C[C]1C#CC(C)C1. The van der Waals surface area contributed by atoms with Crippen molar-refractivity contribution < 1.29 is 0 Å². The molecule has 1 rings (SSSR count). The second kappa shape index (κ2) is 1.58. The Morgan fingerprint density at radius 1 is 1.71 bits per heavy atom. The van der Waals surface area contributed by atoms with Crippen LogP contribution in [0.5, 0.6) is 0 Å².